The molecule has 2 N–H and O–H groups in total. The van der Waals surface area contributed by atoms with Crippen LogP contribution in [0.5, 0.6) is 0 Å². The lowest BCUT2D eigenvalue weighted by molar-refractivity contribution is -0.134. The van der Waals surface area contributed by atoms with Gasteiger partial charge >= 0.3 is 0 Å². The van der Waals surface area contributed by atoms with Crippen LogP contribution in [0.3, 0.4) is 0 Å². The summed E-state index contributed by atoms with van der Waals surface area (Å²) in [5.41, 5.74) is 6.18. The molecule has 2 rings (SSSR count). The summed E-state index contributed by atoms with van der Waals surface area (Å²) in [5, 5.41) is 0. The van der Waals surface area contributed by atoms with Gasteiger partial charge in [-0.15, -0.1) is 0 Å². The largest absolute Gasteiger partial charge is 0.340 e. The van der Waals surface area contributed by atoms with E-state index < -0.39 is 0 Å². The fourth-order valence-electron chi connectivity index (χ4n) is 3.51. The zero-order valence-corrected chi connectivity index (χ0v) is 14.6. The third kappa shape index (κ3) is 4.43. The predicted octanol–water partition coefficient (Wildman–Crippen LogP) is 0.988. The Balaban J connectivity index is 1.96. The van der Waals surface area contributed by atoms with Crippen molar-refractivity contribution in [1.29, 1.82) is 0 Å². The molecule has 1 amide bonds. The number of carbonyl (C=O) groups excluding carboxylic acids is 1. The number of nitrogens with two attached hydrogens (primary N) is 1. The molecule has 0 aromatic heterocycles. The van der Waals surface area contributed by atoms with E-state index in [-0.39, 0.29) is 17.9 Å². The highest BCUT2D eigenvalue weighted by Gasteiger charge is 2.31. The molecule has 0 unspecified atom stereocenters. The minimum absolute atomic E-state index is 0.162. The maximum atomic E-state index is 12.7. The van der Waals surface area contributed by atoms with Gasteiger partial charge in [0.25, 0.3) is 0 Å². The summed E-state index contributed by atoms with van der Waals surface area (Å²) in [4.78, 5) is 19.7. The van der Waals surface area contributed by atoms with Gasteiger partial charge in [-0.2, -0.15) is 0 Å². The number of amides is 1. The first-order valence-electron chi connectivity index (χ1n) is 9.00. The molecule has 3 atom stereocenters. The summed E-state index contributed by atoms with van der Waals surface area (Å²) in [7, 11) is 2.19. The summed E-state index contributed by atoms with van der Waals surface area (Å²) < 4.78 is 0. The number of nitrogens with zero attached hydrogens (tertiary/aromatic N) is 3. The summed E-state index contributed by atoms with van der Waals surface area (Å²) in [6.07, 6.45) is 4.51. The molecular weight excluding hydrogens is 276 g/mol. The normalized spacial score (nSPS) is 28.2. The molecule has 2 heterocycles. The van der Waals surface area contributed by atoms with Crippen LogP contribution >= 0.6 is 0 Å². The lowest BCUT2D eigenvalue weighted by Crippen LogP contribution is -2.54. The Kier molecular flexibility index (Phi) is 6.66. The molecule has 0 spiro atoms. The first-order valence-corrected chi connectivity index (χ1v) is 9.00. The molecule has 0 aromatic rings. The van der Waals surface area contributed by atoms with Gasteiger partial charge in [0.2, 0.25) is 5.91 Å². The Bertz CT molecular complexity index is 355. The van der Waals surface area contributed by atoms with Crippen LogP contribution in [0.2, 0.25) is 0 Å². The summed E-state index contributed by atoms with van der Waals surface area (Å²) in [6.45, 7) is 10.5. The Morgan fingerprint density at radius 3 is 2.50 bits per heavy atom. The van der Waals surface area contributed by atoms with Gasteiger partial charge in [-0.1, -0.05) is 26.7 Å². The maximum absolute atomic E-state index is 12.7. The lowest BCUT2D eigenvalue weighted by atomic mass is 9.98. The monoisotopic (exact) mass is 310 g/mol. The molecule has 2 saturated heterocycles. The molecule has 128 valence electrons. The van der Waals surface area contributed by atoms with Crippen molar-refractivity contribution in [2.24, 2.45) is 11.7 Å². The zero-order valence-electron chi connectivity index (χ0n) is 14.6. The van der Waals surface area contributed by atoms with Gasteiger partial charge in [0.05, 0.1) is 6.04 Å². The smallest absolute Gasteiger partial charge is 0.239 e. The van der Waals surface area contributed by atoms with Crippen LogP contribution in [0.25, 0.3) is 0 Å². The van der Waals surface area contributed by atoms with Gasteiger partial charge in [0.15, 0.2) is 0 Å². The molecule has 2 fully saturated rings. The molecule has 22 heavy (non-hydrogen) atoms. The number of likely N-dealkylation sites (N-methyl/N-ethyl adjacent to an activating group) is 1. The molecular formula is C17H34N4O. The van der Waals surface area contributed by atoms with Crippen molar-refractivity contribution in [3.63, 3.8) is 0 Å². The zero-order chi connectivity index (χ0) is 16.1. The van der Waals surface area contributed by atoms with Gasteiger partial charge in [0, 0.05) is 45.3 Å². The van der Waals surface area contributed by atoms with Crippen molar-refractivity contribution in [1.82, 2.24) is 14.7 Å². The maximum Gasteiger partial charge on any atom is 0.239 e. The van der Waals surface area contributed by atoms with Crippen LogP contribution in [-0.2, 0) is 4.79 Å². The van der Waals surface area contributed by atoms with Gasteiger partial charge in [-0.25, -0.2) is 0 Å². The Morgan fingerprint density at radius 2 is 1.86 bits per heavy atom. The van der Waals surface area contributed by atoms with Gasteiger partial charge in [-0.05, 0) is 25.8 Å². The summed E-state index contributed by atoms with van der Waals surface area (Å²) in [6, 6.07) is 0.181. The number of piperazine rings is 1. The topological polar surface area (TPSA) is 52.8 Å². The molecule has 0 aromatic carbocycles. The summed E-state index contributed by atoms with van der Waals surface area (Å²) >= 11 is 0. The molecule has 5 heteroatoms. The molecule has 0 aliphatic carbocycles. The average molecular weight is 310 g/mol. The second-order valence-corrected chi connectivity index (χ2v) is 7.18. The number of likely N-dealkylation sites (tertiary alicyclic amines) is 1. The third-order valence-electron chi connectivity index (χ3n) is 5.55. The van der Waals surface area contributed by atoms with Crippen molar-refractivity contribution in [2.75, 3.05) is 46.3 Å². The van der Waals surface area contributed by atoms with E-state index in [4.69, 9.17) is 5.73 Å². The SMILES string of the molecule is CC[C@H](C)[C@@H](N)C(=O)N1CCCC[C@H](N2CCN(C)CC2)C1. The molecule has 5 nitrogen and oxygen atoms in total. The third-order valence-corrected chi connectivity index (χ3v) is 5.55. The molecule has 0 radical (unpaired) electrons. The van der Waals surface area contributed by atoms with Crippen molar-refractivity contribution in [3.8, 4) is 0 Å². The van der Waals surface area contributed by atoms with Crippen molar-refractivity contribution in [2.45, 2.75) is 51.6 Å². The lowest BCUT2D eigenvalue weighted by Gasteiger charge is -2.39. The van der Waals surface area contributed by atoms with Crippen LogP contribution in [-0.4, -0.2) is 79.0 Å². The fraction of sp³-hybridized carbons (Fsp3) is 0.941. The van der Waals surface area contributed by atoms with Gasteiger partial charge in [-0.3, -0.25) is 9.69 Å². The van der Waals surface area contributed by atoms with E-state index in [1.165, 1.54) is 12.8 Å². The van der Waals surface area contributed by atoms with Crippen molar-refractivity contribution < 1.29 is 4.79 Å². The molecule has 0 bridgehead atoms. The van der Waals surface area contributed by atoms with Crippen LogP contribution in [0.1, 0.15) is 39.5 Å². The second kappa shape index (κ2) is 8.27. The van der Waals surface area contributed by atoms with E-state index in [9.17, 15) is 4.79 Å². The van der Waals surface area contributed by atoms with Crippen LogP contribution in [0.4, 0.5) is 0 Å². The fourth-order valence-corrected chi connectivity index (χ4v) is 3.51. The first-order chi connectivity index (χ1) is 10.5. The van der Waals surface area contributed by atoms with E-state index in [0.29, 0.717) is 6.04 Å². The van der Waals surface area contributed by atoms with Crippen LogP contribution in [0.15, 0.2) is 0 Å². The van der Waals surface area contributed by atoms with Crippen LogP contribution < -0.4 is 5.73 Å². The minimum atomic E-state index is -0.337. The average Bonchev–Trinajstić information content (AvgIpc) is 2.79. The standard InChI is InChI=1S/C17H34N4O/c1-4-14(2)16(18)17(22)21-8-6-5-7-15(13-21)20-11-9-19(3)10-12-20/h14-16H,4-13,18H2,1-3H3/t14-,15-,16+/m0/s1. The predicted molar refractivity (Wildman–Crippen MR) is 90.7 cm³/mol. The summed E-state index contributed by atoms with van der Waals surface area (Å²) in [5.74, 6) is 0.424. The molecule has 2 aliphatic heterocycles. The van der Waals surface area contributed by atoms with Crippen molar-refractivity contribution in [3.05, 3.63) is 0 Å². The van der Waals surface area contributed by atoms with Gasteiger partial charge < -0.3 is 15.5 Å². The quantitative estimate of drug-likeness (QED) is 0.841. The van der Waals surface area contributed by atoms with Gasteiger partial charge in [0.1, 0.15) is 0 Å². The number of hydrogen-bond donors (Lipinski definition) is 1. The highest BCUT2D eigenvalue weighted by Crippen LogP contribution is 2.19. The van der Waals surface area contributed by atoms with E-state index in [0.717, 1.165) is 52.1 Å². The van der Waals surface area contributed by atoms with E-state index in [2.05, 4.69) is 30.7 Å². The molecule has 0 saturated carbocycles. The minimum Gasteiger partial charge on any atom is -0.340 e. The Hall–Kier alpha value is -0.650. The second-order valence-electron chi connectivity index (χ2n) is 7.18. The van der Waals surface area contributed by atoms with E-state index >= 15 is 0 Å². The Labute approximate surface area is 135 Å². The number of rotatable bonds is 4. The first kappa shape index (κ1) is 17.7. The molecule has 2 aliphatic rings. The van der Waals surface area contributed by atoms with Crippen molar-refractivity contribution >= 4 is 5.91 Å². The van der Waals surface area contributed by atoms with Crippen LogP contribution in [0, 0.1) is 5.92 Å². The highest BCUT2D eigenvalue weighted by atomic mass is 16.2. The van der Waals surface area contributed by atoms with E-state index in [1.807, 2.05) is 4.90 Å². The Morgan fingerprint density at radius 1 is 1.18 bits per heavy atom. The highest BCUT2D eigenvalue weighted by molar-refractivity contribution is 5.82. The number of carbonyl (C=O) groups is 1. The number of hydrogen-bond acceptors (Lipinski definition) is 4. The van der Waals surface area contributed by atoms with E-state index in [1.54, 1.807) is 0 Å².